The van der Waals surface area contributed by atoms with Gasteiger partial charge in [0.05, 0.1) is 12.2 Å². The van der Waals surface area contributed by atoms with Gasteiger partial charge in [-0.15, -0.1) is 0 Å². The first-order valence-corrected chi connectivity index (χ1v) is 7.92. The zero-order valence-electron chi connectivity index (χ0n) is 12.8. The van der Waals surface area contributed by atoms with Crippen molar-refractivity contribution in [3.8, 4) is 0 Å². The Balaban J connectivity index is 2.70. The van der Waals surface area contributed by atoms with Gasteiger partial charge >= 0.3 is 0 Å². The number of hydrogen-bond acceptors (Lipinski definition) is 2. The number of hydrogen-bond donors (Lipinski definition) is 1. The highest BCUT2D eigenvalue weighted by atomic mass is 79.9. The summed E-state index contributed by atoms with van der Waals surface area (Å²) in [6, 6.07) is 5.19. The molecule has 4 heteroatoms. The standard InChI is InChI=1S/C16H25BrFNO/c1-5-8-19-14(11-20-16(2,3)4)10-12-9-13(17)6-7-15(12)18/h6-7,9,14,19H,5,8,10-11H2,1-4H3. The highest BCUT2D eigenvalue weighted by molar-refractivity contribution is 9.10. The van der Waals surface area contributed by atoms with E-state index in [1.165, 1.54) is 6.07 Å². The molecule has 1 rings (SSSR count). The fourth-order valence-corrected chi connectivity index (χ4v) is 2.26. The lowest BCUT2D eigenvalue weighted by Crippen LogP contribution is -2.38. The molecule has 0 bridgehead atoms. The molecule has 0 aromatic heterocycles. The minimum atomic E-state index is -0.179. The molecule has 0 heterocycles. The lowest BCUT2D eigenvalue weighted by molar-refractivity contribution is -0.0144. The molecule has 1 aromatic carbocycles. The smallest absolute Gasteiger partial charge is 0.126 e. The van der Waals surface area contributed by atoms with Crippen LogP contribution in [-0.2, 0) is 11.2 Å². The van der Waals surface area contributed by atoms with Crippen LogP contribution in [0.25, 0.3) is 0 Å². The van der Waals surface area contributed by atoms with Crippen LogP contribution in [0.5, 0.6) is 0 Å². The molecule has 1 atom stereocenters. The van der Waals surface area contributed by atoms with Crippen molar-refractivity contribution in [1.82, 2.24) is 5.32 Å². The summed E-state index contributed by atoms with van der Waals surface area (Å²) in [6.07, 6.45) is 1.67. The van der Waals surface area contributed by atoms with Crippen LogP contribution in [0.15, 0.2) is 22.7 Å². The van der Waals surface area contributed by atoms with Gasteiger partial charge in [0.15, 0.2) is 0 Å². The maximum atomic E-state index is 13.8. The van der Waals surface area contributed by atoms with E-state index in [2.05, 4.69) is 28.2 Å². The first-order valence-electron chi connectivity index (χ1n) is 7.13. The van der Waals surface area contributed by atoms with Crippen molar-refractivity contribution in [2.45, 2.75) is 52.2 Å². The third-order valence-electron chi connectivity index (χ3n) is 2.87. The molecule has 114 valence electrons. The van der Waals surface area contributed by atoms with Gasteiger partial charge in [-0.05, 0) is 63.9 Å². The van der Waals surface area contributed by atoms with E-state index in [0.29, 0.717) is 18.6 Å². The quantitative estimate of drug-likeness (QED) is 0.794. The van der Waals surface area contributed by atoms with Crippen molar-refractivity contribution in [2.75, 3.05) is 13.2 Å². The average Bonchev–Trinajstić information content (AvgIpc) is 2.36. The Morgan fingerprint density at radius 3 is 2.65 bits per heavy atom. The van der Waals surface area contributed by atoms with Crippen molar-refractivity contribution in [3.05, 3.63) is 34.1 Å². The zero-order valence-corrected chi connectivity index (χ0v) is 14.4. The van der Waals surface area contributed by atoms with E-state index in [4.69, 9.17) is 4.74 Å². The molecule has 0 fully saturated rings. The van der Waals surface area contributed by atoms with Crippen LogP contribution in [0, 0.1) is 5.82 Å². The third-order valence-corrected chi connectivity index (χ3v) is 3.37. The largest absolute Gasteiger partial charge is 0.374 e. The van der Waals surface area contributed by atoms with E-state index in [0.717, 1.165) is 17.4 Å². The van der Waals surface area contributed by atoms with E-state index in [9.17, 15) is 4.39 Å². The zero-order chi connectivity index (χ0) is 15.2. The Bertz CT molecular complexity index is 417. The van der Waals surface area contributed by atoms with Crippen LogP contribution >= 0.6 is 15.9 Å². The predicted molar refractivity (Wildman–Crippen MR) is 85.6 cm³/mol. The van der Waals surface area contributed by atoms with Crippen LogP contribution in [0.1, 0.15) is 39.7 Å². The second kappa shape index (κ2) is 8.11. The molecule has 0 aliphatic carbocycles. The number of benzene rings is 1. The predicted octanol–water partition coefficient (Wildman–Crippen LogP) is 4.31. The Kier molecular flexibility index (Phi) is 7.13. The van der Waals surface area contributed by atoms with Crippen molar-refractivity contribution in [2.24, 2.45) is 0 Å². The summed E-state index contributed by atoms with van der Waals surface area (Å²) in [5.41, 5.74) is 0.535. The van der Waals surface area contributed by atoms with Crippen LogP contribution in [0.2, 0.25) is 0 Å². The van der Waals surface area contributed by atoms with Crippen LogP contribution in [0.3, 0.4) is 0 Å². The van der Waals surface area contributed by atoms with Crippen LogP contribution in [0.4, 0.5) is 4.39 Å². The maximum absolute atomic E-state index is 13.8. The summed E-state index contributed by atoms with van der Waals surface area (Å²) in [6.45, 7) is 9.70. The number of nitrogens with one attached hydrogen (secondary N) is 1. The Morgan fingerprint density at radius 1 is 1.35 bits per heavy atom. The second-order valence-corrected chi connectivity index (χ2v) is 6.93. The molecule has 0 saturated carbocycles. The van der Waals surface area contributed by atoms with Gasteiger partial charge in [-0.3, -0.25) is 0 Å². The lowest BCUT2D eigenvalue weighted by atomic mass is 10.1. The van der Waals surface area contributed by atoms with Crippen LogP contribution in [-0.4, -0.2) is 24.8 Å². The van der Waals surface area contributed by atoms with Gasteiger partial charge in [-0.25, -0.2) is 4.39 Å². The van der Waals surface area contributed by atoms with Gasteiger partial charge < -0.3 is 10.1 Å². The first-order chi connectivity index (χ1) is 9.31. The number of halogens is 2. The van der Waals surface area contributed by atoms with Gasteiger partial charge in [0.1, 0.15) is 5.82 Å². The summed E-state index contributed by atoms with van der Waals surface area (Å²) in [5.74, 6) is -0.160. The normalized spacial score (nSPS) is 13.5. The molecule has 1 unspecified atom stereocenters. The van der Waals surface area contributed by atoms with Crippen molar-refractivity contribution in [3.63, 3.8) is 0 Å². The lowest BCUT2D eigenvalue weighted by Gasteiger charge is -2.25. The van der Waals surface area contributed by atoms with E-state index in [1.54, 1.807) is 6.07 Å². The highest BCUT2D eigenvalue weighted by Gasteiger charge is 2.17. The molecule has 0 spiro atoms. The number of rotatable bonds is 7. The second-order valence-electron chi connectivity index (χ2n) is 6.01. The molecule has 1 aromatic rings. The summed E-state index contributed by atoms with van der Waals surface area (Å²) in [7, 11) is 0. The fraction of sp³-hybridized carbons (Fsp3) is 0.625. The topological polar surface area (TPSA) is 21.3 Å². The molecule has 2 nitrogen and oxygen atoms in total. The maximum Gasteiger partial charge on any atom is 0.126 e. The molecule has 0 radical (unpaired) electrons. The Hall–Kier alpha value is -0.450. The van der Waals surface area contributed by atoms with E-state index < -0.39 is 0 Å². The van der Waals surface area contributed by atoms with Gasteiger partial charge in [0.2, 0.25) is 0 Å². The van der Waals surface area contributed by atoms with E-state index in [-0.39, 0.29) is 17.5 Å². The van der Waals surface area contributed by atoms with E-state index in [1.807, 2.05) is 26.8 Å². The van der Waals surface area contributed by atoms with Gasteiger partial charge in [0, 0.05) is 10.5 Å². The van der Waals surface area contributed by atoms with Crippen molar-refractivity contribution in [1.29, 1.82) is 0 Å². The molecule has 1 N–H and O–H groups in total. The molecule has 0 saturated heterocycles. The van der Waals surface area contributed by atoms with E-state index >= 15 is 0 Å². The minimum absolute atomic E-state index is 0.123. The van der Waals surface area contributed by atoms with Crippen molar-refractivity contribution >= 4 is 15.9 Å². The monoisotopic (exact) mass is 345 g/mol. The summed E-state index contributed by atoms with van der Waals surface area (Å²) >= 11 is 3.39. The van der Waals surface area contributed by atoms with Crippen molar-refractivity contribution < 1.29 is 9.13 Å². The average molecular weight is 346 g/mol. The Morgan fingerprint density at radius 2 is 2.05 bits per heavy atom. The fourth-order valence-electron chi connectivity index (χ4n) is 1.85. The third kappa shape index (κ3) is 6.82. The van der Waals surface area contributed by atoms with Gasteiger partial charge in [0.25, 0.3) is 0 Å². The molecule has 0 aliphatic rings. The number of ether oxygens (including phenoxy) is 1. The molecular weight excluding hydrogens is 321 g/mol. The minimum Gasteiger partial charge on any atom is -0.374 e. The summed E-state index contributed by atoms with van der Waals surface area (Å²) in [5, 5.41) is 3.43. The SMILES string of the molecule is CCCNC(COC(C)(C)C)Cc1cc(Br)ccc1F. The Labute approximate surface area is 130 Å². The molecular formula is C16H25BrFNO. The first kappa shape index (κ1) is 17.6. The molecule has 0 amide bonds. The summed E-state index contributed by atoms with van der Waals surface area (Å²) < 4.78 is 20.6. The molecule has 20 heavy (non-hydrogen) atoms. The molecule has 0 aliphatic heterocycles. The van der Waals surface area contributed by atoms with Gasteiger partial charge in [-0.1, -0.05) is 22.9 Å². The highest BCUT2D eigenvalue weighted by Crippen LogP contribution is 2.18. The summed E-state index contributed by atoms with van der Waals surface area (Å²) in [4.78, 5) is 0. The van der Waals surface area contributed by atoms with Gasteiger partial charge in [-0.2, -0.15) is 0 Å². The van der Waals surface area contributed by atoms with Crippen LogP contribution < -0.4 is 5.32 Å².